The fraction of sp³-hybridized carbons (Fsp3) is 0.122. The monoisotopic (exact) mass is 873 g/mol. The zero-order valence-electron chi connectivity index (χ0n) is 35.4. The minimum Gasteiger partial charge on any atom is -0.478 e. The van der Waals surface area contributed by atoms with Gasteiger partial charge < -0.3 is 28.7 Å². The van der Waals surface area contributed by atoms with E-state index in [1.54, 1.807) is 34.4 Å². The molecule has 0 aliphatic rings. The first-order valence-electron chi connectivity index (χ1n) is 20.2. The predicted molar refractivity (Wildman–Crippen MR) is 243 cm³/mol. The molecule has 326 valence electrons. The Morgan fingerprint density at radius 3 is 1.82 bits per heavy atom. The van der Waals surface area contributed by atoms with Crippen LogP contribution in [-0.4, -0.2) is 60.5 Å². The Labute approximate surface area is 369 Å². The molecule has 0 atom stereocenters. The molecule has 65 heavy (non-hydrogen) atoms. The Hall–Kier alpha value is -8.66. The minimum atomic E-state index is -1.22. The van der Waals surface area contributed by atoms with Crippen LogP contribution in [0.5, 0.6) is 0 Å². The number of carboxylic acids is 2. The Bertz CT molecular complexity index is 3370. The molecule has 8 rings (SSSR count). The van der Waals surface area contributed by atoms with Crippen molar-refractivity contribution in [2.45, 2.75) is 40.5 Å². The Morgan fingerprint density at radius 2 is 1.26 bits per heavy atom. The summed E-state index contributed by atoms with van der Waals surface area (Å²) in [6.45, 7) is 7.32. The van der Waals surface area contributed by atoms with Crippen LogP contribution in [0.25, 0.3) is 33.2 Å². The number of aromatic carboxylic acids is 2. The van der Waals surface area contributed by atoms with Gasteiger partial charge in [0.25, 0.3) is 11.8 Å². The minimum absolute atomic E-state index is 0.0488. The molecule has 0 saturated heterocycles. The molecule has 0 fully saturated rings. The third kappa shape index (κ3) is 8.60. The summed E-state index contributed by atoms with van der Waals surface area (Å²) < 4.78 is 22.8. The van der Waals surface area contributed by atoms with Crippen LogP contribution < -0.4 is 16.3 Å². The standard InChI is InChI=1S/C49H40FN7O8/c1-26-17-27(2)44-43(18-26)65-25-33(45(44)58)24-53-55-47(60)31-8-15-39(49(63)64)42(20-31)57-29(4)6-11-36(57)13-12-35-10-5-28(3)56(35)41-19-30(7-14-38(41)48(61)62)46(59)54-52-23-32-22-51-40-21-34(50)9-16-37(32)40/h5-11,14-25,51H,12-13H2,1-4H3,(H,54,59)(H,55,60)(H,61,62)(H,63,64). The van der Waals surface area contributed by atoms with Crippen LogP contribution in [0.15, 0.2) is 123 Å². The molecular weight excluding hydrogens is 834 g/mol. The van der Waals surface area contributed by atoms with Crippen LogP contribution in [0.1, 0.15) is 86.5 Å². The summed E-state index contributed by atoms with van der Waals surface area (Å²) in [7, 11) is 0. The fourth-order valence-electron chi connectivity index (χ4n) is 8.00. The average molecular weight is 874 g/mol. The summed E-state index contributed by atoms with van der Waals surface area (Å²) in [5.74, 6) is -4.06. The molecule has 8 aromatic rings. The molecule has 5 N–H and O–H groups in total. The second-order valence-corrected chi connectivity index (χ2v) is 15.5. The van der Waals surface area contributed by atoms with Gasteiger partial charge in [0.1, 0.15) is 17.7 Å². The second-order valence-electron chi connectivity index (χ2n) is 15.5. The van der Waals surface area contributed by atoms with E-state index in [1.165, 1.54) is 67.2 Å². The number of nitrogens with zero attached hydrogens (tertiary/aromatic N) is 4. The third-order valence-corrected chi connectivity index (χ3v) is 11.1. The Morgan fingerprint density at radius 1 is 0.708 bits per heavy atom. The molecule has 0 saturated carbocycles. The number of halogens is 1. The van der Waals surface area contributed by atoms with Crippen molar-refractivity contribution in [1.29, 1.82) is 0 Å². The van der Waals surface area contributed by atoms with Crippen molar-refractivity contribution < 1.29 is 38.2 Å². The van der Waals surface area contributed by atoms with Gasteiger partial charge in [-0.2, -0.15) is 10.2 Å². The maximum Gasteiger partial charge on any atom is 0.337 e. The molecule has 0 bridgehead atoms. The molecule has 4 aromatic heterocycles. The van der Waals surface area contributed by atoms with Crippen molar-refractivity contribution >= 4 is 58.1 Å². The number of H-pyrrole nitrogens is 1. The Balaban J connectivity index is 1.03. The van der Waals surface area contributed by atoms with Crippen molar-refractivity contribution in [3.63, 3.8) is 0 Å². The molecule has 0 radical (unpaired) electrons. The van der Waals surface area contributed by atoms with Crippen molar-refractivity contribution in [2.75, 3.05) is 0 Å². The van der Waals surface area contributed by atoms with Crippen molar-refractivity contribution in [3.8, 4) is 11.4 Å². The molecule has 16 heteroatoms. The highest BCUT2D eigenvalue weighted by atomic mass is 19.1. The summed E-state index contributed by atoms with van der Waals surface area (Å²) in [5, 5.41) is 29.7. The highest BCUT2D eigenvalue weighted by Crippen LogP contribution is 2.27. The van der Waals surface area contributed by atoms with Crippen molar-refractivity contribution in [2.24, 2.45) is 10.2 Å². The molecule has 15 nitrogen and oxygen atoms in total. The van der Waals surface area contributed by atoms with Crippen LogP contribution in [0.4, 0.5) is 4.39 Å². The number of benzene rings is 4. The lowest BCUT2D eigenvalue weighted by atomic mass is 10.1. The van der Waals surface area contributed by atoms with E-state index in [1.807, 2.05) is 51.1 Å². The van der Waals surface area contributed by atoms with E-state index in [0.29, 0.717) is 63.1 Å². The van der Waals surface area contributed by atoms with Crippen LogP contribution in [0, 0.1) is 33.5 Å². The fourth-order valence-corrected chi connectivity index (χ4v) is 8.00. The number of hydrogen-bond acceptors (Lipinski definition) is 8. The lowest BCUT2D eigenvalue weighted by Gasteiger charge is -2.18. The summed E-state index contributed by atoms with van der Waals surface area (Å²) in [4.78, 5) is 68.0. The smallest absolute Gasteiger partial charge is 0.337 e. The summed E-state index contributed by atoms with van der Waals surface area (Å²) in [6, 6.07) is 23.6. The van der Waals surface area contributed by atoms with Gasteiger partial charge in [0.2, 0.25) is 5.43 Å². The molecule has 0 aliphatic heterocycles. The largest absolute Gasteiger partial charge is 0.478 e. The van der Waals surface area contributed by atoms with E-state index in [9.17, 15) is 38.6 Å². The molecule has 2 amide bonds. The molecule has 0 spiro atoms. The molecule has 0 unspecified atom stereocenters. The lowest BCUT2D eigenvalue weighted by molar-refractivity contribution is 0.0686. The number of aromatic amines is 1. The van der Waals surface area contributed by atoms with Crippen LogP contribution in [-0.2, 0) is 12.8 Å². The number of aryl methyl sites for hydroxylation is 6. The number of carbonyl (C=O) groups is 4. The summed E-state index contributed by atoms with van der Waals surface area (Å²) in [6.07, 6.45) is 6.22. The number of hydrazone groups is 2. The topological polar surface area (TPSA) is 213 Å². The van der Waals surface area contributed by atoms with Gasteiger partial charge >= 0.3 is 11.9 Å². The van der Waals surface area contributed by atoms with E-state index >= 15 is 0 Å². The van der Waals surface area contributed by atoms with E-state index in [0.717, 1.165) is 11.1 Å². The Kier molecular flexibility index (Phi) is 11.6. The number of fused-ring (bicyclic) bond motifs is 2. The highest BCUT2D eigenvalue weighted by molar-refractivity contribution is 6.02. The maximum atomic E-state index is 13.6. The number of carbonyl (C=O) groups excluding carboxylic acids is 2. The number of rotatable bonds is 13. The van der Waals surface area contributed by atoms with Gasteiger partial charge in [-0.15, -0.1) is 0 Å². The lowest BCUT2D eigenvalue weighted by Crippen LogP contribution is -2.20. The zero-order valence-corrected chi connectivity index (χ0v) is 35.4. The SMILES string of the molecule is Cc1cc(C)c2c(=O)c(C=NNC(=O)c3ccc(C(=O)O)c(-n4c(C)ccc4CCc4ccc(C)n4-c4cc(C(=O)NN=Cc5c[nH]c6cc(F)ccc56)ccc4C(=O)O)c3)coc2c1. The van der Waals surface area contributed by atoms with Gasteiger partial charge in [0.15, 0.2) is 0 Å². The van der Waals surface area contributed by atoms with Gasteiger partial charge in [0, 0.05) is 56.6 Å². The van der Waals surface area contributed by atoms with E-state index in [-0.39, 0.29) is 44.6 Å². The number of carboxylic acid groups (broad SMARTS) is 2. The van der Waals surface area contributed by atoms with Crippen molar-refractivity contribution in [3.05, 3.63) is 187 Å². The molecule has 0 aliphatic carbocycles. The van der Waals surface area contributed by atoms with E-state index in [4.69, 9.17) is 4.42 Å². The van der Waals surface area contributed by atoms with Gasteiger partial charge in [-0.25, -0.2) is 24.8 Å². The molecule has 4 heterocycles. The van der Waals surface area contributed by atoms with Gasteiger partial charge in [-0.05, 0) is 137 Å². The highest BCUT2D eigenvalue weighted by Gasteiger charge is 2.22. The van der Waals surface area contributed by atoms with E-state index < -0.39 is 29.6 Å². The van der Waals surface area contributed by atoms with Gasteiger partial charge in [-0.3, -0.25) is 14.4 Å². The van der Waals surface area contributed by atoms with Crippen LogP contribution in [0.3, 0.4) is 0 Å². The first-order chi connectivity index (χ1) is 31.2. The van der Waals surface area contributed by atoms with Crippen LogP contribution in [0.2, 0.25) is 0 Å². The normalized spacial score (nSPS) is 11.6. The first-order valence-corrected chi connectivity index (χ1v) is 20.2. The number of hydrogen-bond donors (Lipinski definition) is 5. The quantitative estimate of drug-likeness (QED) is 0.0565. The first kappa shape index (κ1) is 43.0. The van der Waals surface area contributed by atoms with Crippen LogP contribution >= 0.6 is 0 Å². The number of amides is 2. The van der Waals surface area contributed by atoms with Gasteiger partial charge in [-0.1, -0.05) is 6.07 Å². The third-order valence-electron chi connectivity index (χ3n) is 11.1. The maximum absolute atomic E-state index is 13.6. The molecular formula is C49H40FN7O8. The average Bonchev–Trinajstić information content (AvgIpc) is 3.97. The summed E-state index contributed by atoms with van der Waals surface area (Å²) >= 11 is 0. The predicted octanol–water partition coefficient (Wildman–Crippen LogP) is 7.94. The van der Waals surface area contributed by atoms with Gasteiger partial charge in [0.05, 0.1) is 45.9 Å². The van der Waals surface area contributed by atoms with Crippen molar-refractivity contribution in [1.82, 2.24) is 25.0 Å². The zero-order chi connectivity index (χ0) is 46.1. The van der Waals surface area contributed by atoms with E-state index in [2.05, 4.69) is 26.0 Å². The number of nitrogens with one attached hydrogen (secondary N) is 3. The molecule has 4 aromatic carbocycles. The second kappa shape index (κ2) is 17.6. The summed E-state index contributed by atoms with van der Waals surface area (Å²) in [5.41, 5.74) is 11.4. The number of aromatic nitrogens is 3.